The second-order valence-corrected chi connectivity index (χ2v) is 7.02. The Morgan fingerprint density at radius 3 is 2.48 bits per heavy atom. The molecule has 0 bridgehead atoms. The van der Waals surface area contributed by atoms with Crippen LogP contribution in [0.2, 0.25) is 0 Å². The van der Waals surface area contributed by atoms with Crippen molar-refractivity contribution in [3.05, 3.63) is 59.4 Å². The largest absolute Gasteiger partial charge is 0.480 e. The first-order valence-corrected chi connectivity index (χ1v) is 8.49. The second-order valence-electron chi connectivity index (χ2n) is 5.34. The van der Waals surface area contributed by atoms with Crippen LogP contribution in [0.1, 0.15) is 16.7 Å². The standard InChI is InChI=1S/C16H18N2O4S/c1-11-3-4-12(2)15(9-11)23(21,22)18-14(16(19)20)10-13-5-7-17-8-6-13/h3-9,14,18H,10H2,1-2H3,(H,19,20). The normalized spacial score (nSPS) is 12.8. The number of carbonyl (C=O) groups is 1. The summed E-state index contributed by atoms with van der Waals surface area (Å²) < 4.78 is 27.3. The van der Waals surface area contributed by atoms with Crippen LogP contribution in [0.25, 0.3) is 0 Å². The molecule has 1 aromatic heterocycles. The van der Waals surface area contributed by atoms with Gasteiger partial charge in [-0.05, 0) is 55.2 Å². The third kappa shape index (κ3) is 4.37. The van der Waals surface area contributed by atoms with E-state index in [2.05, 4.69) is 9.71 Å². The quantitative estimate of drug-likeness (QED) is 0.838. The first kappa shape index (κ1) is 17.1. The lowest BCUT2D eigenvalue weighted by atomic mass is 10.1. The van der Waals surface area contributed by atoms with E-state index in [4.69, 9.17) is 0 Å². The number of rotatable bonds is 6. The SMILES string of the molecule is Cc1ccc(C)c(S(=O)(=O)NC(Cc2ccncc2)C(=O)O)c1. The number of aryl methyl sites for hydroxylation is 2. The Kier molecular flexibility index (Phi) is 5.12. The number of pyridine rings is 1. The number of sulfonamides is 1. The van der Waals surface area contributed by atoms with Crippen molar-refractivity contribution < 1.29 is 18.3 Å². The summed E-state index contributed by atoms with van der Waals surface area (Å²) in [6, 6.07) is 7.10. The molecule has 0 aliphatic rings. The number of hydrogen-bond acceptors (Lipinski definition) is 4. The molecule has 0 radical (unpaired) electrons. The van der Waals surface area contributed by atoms with E-state index in [1.165, 1.54) is 18.5 Å². The van der Waals surface area contributed by atoms with Crippen molar-refractivity contribution in [1.82, 2.24) is 9.71 Å². The molecule has 0 spiro atoms. The molecule has 1 atom stereocenters. The maximum Gasteiger partial charge on any atom is 0.322 e. The van der Waals surface area contributed by atoms with Crippen LogP contribution >= 0.6 is 0 Å². The number of nitrogens with zero attached hydrogens (tertiary/aromatic N) is 1. The van der Waals surface area contributed by atoms with Crippen molar-refractivity contribution in [3.8, 4) is 0 Å². The average Bonchev–Trinajstić information content (AvgIpc) is 2.49. The van der Waals surface area contributed by atoms with E-state index in [9.17, 15) is 18.3 Å². The van der Waals surface area contributed by atoms with Crippen molar-refractivity contribution in [1.29, 1.82) is 0 Å². The summed E-state index contributed by atoms with van der Waals surface area (Å²) in [7, 11) is -3.92. The molecule has 23 heavy (non-hydrogen) atoms. The van der Waals surface area contributed by atoms with E-state index in [0.29, 0.717) is 11.1 Å². The summed E-state index contributed by atoms with van der Waals surface area (Å²) in [6.07, 6.45) is 3.11. The van der Waals surface area contributed by atoms with Gasteiger partial charge in [-0.15, -0.1) is 0 Å². The third-order valence-electron chi connectivity index (χ3n) is 3.42. The fraction of sp³-hybridized carbons (Fsp3) is 0.250. The molecule has 2 aromatic rings. The van der Waals surface area contributed by atoms with Gasteiger partial charge in [0.2, 0.25) is 10.0 Å². The molecule has 7 heteroatoms. The van der Waals surface area contributed by atoms with Crippen molar-refractivity contribution >= 4 is 16.0 Å². The minimum Gasteiger partial charge on any atom is -0.480 e. The summed E-state index contributed by atoms with van der Waals surface area (Å²) in [4.78, 5) is 15.4. The van der Waals surface area contributed by atoms with Gasteiger partial charge < -0.3 is 5.11 Å². The summed E-state index contributed by atoms with van der Waals surface area (Å²) in [5, 5.41) is 9.33. The van der Waals surface area contributed by atoms with Crippen molar-refractivity contribution in [2.45, 2.75) is 31.2 Å². The topological polar surface area (TPSA) is 96.4 Å². The number of aliphatic carboxylic acids is 1. The molecule has 2 rings (SSSR count). The van der Waals surface area contributed by atoms with Gasteiger partial charge in [0.1, 0.15) is 6.04 Å². The maximum absolute atomic E-state index is 12.5. The van der Waals surface area contributed by atoms with E-state index in [-0.39, 0.29) is 11.3 Å². The lowest BCUT2D eigenvalue weighted by molar-refractivity contribution is -0.138. The number of carboxylic acid groups (broad SMARTS) is 1. The summed E-state index contributed by atoms with van der Waals surface area (Å²) in [5.74, 6) is -1.23. The van der Waals surface area contributed by atoms with Crippen LogP contribution in [0, 0.1) is 13.8 Å². The smallest absolute Gasteiger partial charge is 0.322 e. The highest BCUT2D eigenvalue weighted by Crippen LogP contribution is 2.17. The fourth-order valence-electron chi connectivity index (χ4n) is 2.18. The van der Waals surface area contributed by atoms with E-state index < -0.39 is 22.0 Å². The molecule has 0 saturated heterocycles. The van der Waals surface area contributed by atoms with Crippen LogP contribution in [0.5, 0.6) is 0 Å². The van der Waals surface area contributed by atoms with E-state index in [0.717, 1.165) is 5.56 Å². The first-order chi connectivity index (χ1) is 10.8. The molecule has 0 fully saturated rings. The Morgan fingerprint density at radius 1 is 1.22 bits per heavy atom. The molecule has 1 aromatic carbocycles. The van der Waals surface area contributed by atoms with Gasteiger partial charge in [-0.3, -0.25) is 9.78 Å². The number of carboxylic acids is 1. The highest BCUT2D eigenvalue weighted by Gasteiger charge is 2.26. The average molecular weight is 334 g/mol. The van der Waals surface area contributed by atoms with Gasteiger partial charge in [-0.1, -0.05) is 12.1 Å². The molecular formula is C16H18N2O4S. The van der Waals surface area contributed by atoms with E-state index in [1.807, 2.05) is 0 Å². The highest BCUT2D eigenvalue weighted by molar-refractivity contribution is 7.89. The predicted molar refractivity (Wildman–Crippen MR) is 85.6 cm³/mol. The highest BCUT2D eigenvalue weighted by atomic mass is 32.2. The van der Waals surface area contributed by atoms with E-state index >= 15 is 0 Å². The van der Waals surface area contributed by atoms with Crippen LogP contribution in [0.15, 0.2) is 47.6 Å². The predicted octanol–water partition coefficient (Wildman–Crippen LogP) is 1.67. The van der Waals surface area contributed by atoms with Gasteiger partial charge in [-0.25, -0.2) is 8.42 Å². The van der Waals surface area contributed by atoms with E-state index in [1.54, 1.807) is 38.1 Å². The number of benzene rings is 1. The summed E-state index contributed by atoms with van der Waals surface area (Å²) in [6.45, 7) is 3.46. The minimum atomic E-state index is -3.92. The Hall–Kier alpha value is -2.25. The zero-order valence-corrected chi connectivity index (χ0v) is 13.7. The Morgan fingerprint density at radius 2 is 1.87 bits per heavy atom. The summed E-state index contributed by atoms with van der Waals surface area (Å²) in [5.41, 5.74) is 2.05. The van der Waals surface area contributed by atoms with Crippen molar-refractivity contribution in [2.75, 3.05) is 0 Å². The molecular weight excluding hydrogens is 316 g/mol. The van der Waals surface area contributed by atoms with Crippen LogP contribution in [-0.4, -0.2) is 30.5 Å². The van der Waals surface area contributed by atoms with Crippen LogP contribution < -0.4 is 4.72 Å². The van der Waals surface area contributed by atoms with Crippen LogP contribution in [0.3, 0.4) is 0 Å². The summed E-state index contributed by atoms with van der Waals surface area (Å²) >= 11 is 0. The Labute approximate surface area is 135 Å². The fourth-order valence-corrected chi connectivity index (χ4v) is 3.70. The molecule has 0 amide bonds. The molecule has 0 aliphatic carbocycles. The second kappa shape index (κ2) is 6.89. The van der Waals surface area contributed by atoms with Gasteiger partial charge in [0.05, 0.1) is 4.90 Å². The number of hydrogen-bond donors (Lipinski definition) is 2. The zero-order valence-electron chi connectivity index (χ0n) is 12.9. The molecule has 6 nitrogen and oxygen atoms in total. The maximum atomic E-state index is 12.5. The van der Waals surface area contributed by atoms with Crippen LogP contribution in [-0.2, 0) is 21.2 Å². The molecule has 0 aliphatic heterocycles. The minimum absolute atomic E-state index is 0.0436. The van der Waals surface area contributed by atoms with Crippen molar-refractivity contribution in [3.63, 3.8) is 0 Å². The Balaban J connectivity index is 2.28. The number of nitrogens with one attached hydrogen (secondary N) is 1. The molecule has 0 saturated carbocycles. The lowest BCUT2D eigenvalue weighted by Crippen LogP contribution is -2.42. The first-order valence-electron chi connectivity index (χ1n) is 7.01. The molecule has 1 unspecified atom stereocenters. The third-order valence-corrected chi connectivity index (χ3v) is 5.03. The molecule has 1 heterocycles. The van der Waals surface area contributed by atoms with Gasteiger partial charge in [0, 0.05) is 12.4 Å². The van der Waals surface area contributed by atoms with Crippen LogP contribution in [0.4, 0.5) is 0 Å². The Bertz CT molecular complexity index is 804. The molecule has 122 valence electrons. The van der Waals surface area contributed by atoms with Gasteiger partial charge in [0.15, 0.2) is 0 Å². The van der Waals surface area contributed by atoms with Gasteiger partial charge >= 0.3 is 5.97 Å². The van der Waals surface area contributed by atoms with Gasteiger partial charge in [0.25, 0.3) is 0 Å². The monoisotopic (exact) mass is 334 g/mol. The lowest BCUT2D eigenvalue weighted by Gasteiger charge is -2.16. The number of aromatic nitrogens is 1. The van der Waals surface area contributed by atoms with Gasteiger partial charge in [-0.2, -0.15) is 4.72 Å². The molecule has 2 N–H and O–H groups in total. The van der Waals surface area contributed by atoms with Crippen molar-refractivity contribution in [2.24, 2.45) is 0 Å². The zero-order chi connectivity index (χ0) is 17.0.